The van der Waals surface area contributed by atoms with Crippen molar-refractivity contribution in [2.75, 3.05) is 23.9 Å². The van der Waals surface area contributed by atoms with Crippen LogP contribution in [-0.2, 0) is 4.79 Å². The lowest BCUT2D eigenvalue weighted by Gasteiger charge is -2.13. The second kappa shape index (κ2) is 8.14. The Labute approximate surface area is 127 Å². The quantitative estimate of drug-likeness (QED) is 0.719. The molecule has 0 heterocycles. The number of carbonyl (C=O) groups excluding carboxylic acids is 1. The molecule has 0 fully saturated rings. The van der Waals surface area contributed by atoms with E-state index in [0.29, 0.717) is 10.7 Å². The van der Waals surface area contributed by atoms with Crippen LogP contribution in [0.15, 0.2) is 18.2 Å². The molecule has 110 valence electrons. The zero-order valence-corrected chi connectivity index (χ0v) is 12.8. The summed E-state index contributed by atoms with van der Waals surface area (Å²) in [6.45, 7) is 2.14. The molecule has 0 saturated heterocycles. The molecule has 1 amide bonds. The van der Waals surface area contributed by atoms with Crippen LogP contribution in [0.1, 0.15) is 17.3 Å². The normalized spacial score (nSPS) is 11.9. The summed E-state index contributed by atoms with van der Waals surface area (Å²) in [5.41, 5.74) is 0.379. The lowest BCUT2D eigenvalue weighted by Crippen LogP contribution is -2.35. The highest BCUT2D eigenvalue weighted by molar-refractivity contribution is 7.98. The molecule has 20 heavy (non-hydrogen) atoms. The predicted molar refractivity (Wildman–Crippen MR) is 82.9 cm³/mol. The van der Waals surface area contributed by atoms with Gasteiger partial charge in [0.25, 0.3) is 0 Å². The first-order valence-corrected chi connectivity index (χ1v) is 7.76. The van der Waals surface area contributed by atoms with Gasteiger partial charge in [-0.05, 0) is 31.4 Å². The number of hydrogen-bond donors (Lipinski definition) is 3. The van der Waals surface area contributed by atoms with Crippen LogP contribution in [0.5, 0.6) is 0 Å². The Bertz CT molecular complexity index is 497. The third-order valence-corrected chi connectivity index (χ3v) is 3.68. The number of carboxylic acids is 1. The maximum atomic E-state index is 11.8. The number of carbonyl (C=O) groups is 2. The van der Waals surface area contributed by atoms with Crippen molar-refractivity contribution in [1.29, 1.82) is 0 Å². The zero-order chi connectivity index (χ0) is 15.1. The van der Waals surface area contributed by atoms with Crippen molar-refractivity contribution in [3.8, 4) is 0 Å². The topological polar surface area (TPSA) is 78.4 Å². The largest absolute Gasteiger partial charge is 0.478 e. The number of rotatable bonds is 7. The van der Waals surface area contributed by atoms with Crippen molar-refractivity contribution in [3.63, 3.8) is 0 Å². The van der Waals surface area contributed by atoms with Crippen LogP contribution in [0.25, 0.3) is 0 Å². The molecule has 1 rings (SSSR count). The highest BCUT2D eigenvalue weighted by atomic mass is 35.5. The first kappa shape index (κ1) is 16.8. The number of thioether (sulfide) groups is 1. The minimum atomic E-state index is -1.07. The smallest absolute Gasteiger partial charge is 0.335 e. The molecule has 5 nitrogen and oxygen atoms in total. The van der Waals surface area contributed by atoms with Crippen LogP contribution in [0.3, 0.4) is 0 Å². The van der Waals surface area contributed by atoms with Crippen LogP contribution in [0.4, 0.5) is 5.69 Å². The number of benzene rings is 1. The number of anilines is 1. The number of nitrogens with one attached hydrogen (secondary N) is 2. The van der Waals surface area contributed by atoms with E-state index in [1.54, 1.807) is 11.8 Å². The van der Waals surface area contributed by atoms with E-state index >= 15 is 0 Å². The third-order valence-electron chi connectivity index (χ3n) is 2.52. The van der Waals surface area contributed by atoms with Gasteiger partial charge in [0.05, 0.1) is 22.8 Å². The first-order valence-electron chi connectivity index (χ1n) is 5.99. The highest BCUT2D eigenvalue weighted by Gasteiger charge is 2.10. The summed E-state index contributed by atoms with van der Waals surface area (Å²) in [5.74, 6) is -0.422. The SMILES string of the molecule is CSCC(C)NCC(=O)Nc1cc(C(=O)O)ccc1Cl. The van der Waals surface area contributed by atoms with Gasteiger partial charge in [-0.3, -0.25) is 4.79 Å². The zero-order valence-electron chi connectivity index (χ0n) is 11.3. The van der Waals surface area contributed by atoms with Crippen molar-refractivity contribution >= 4 is 40.9 Å². The molecule has 0 spiro atoms. The molecular formula is C13H17ClN2O3S. The molecule has 7 heteroatoms. The molecule has 0 saturated carbocycles. The molecule has 0 radical (unpaired) electrons. The molecule has 1 atom stereocenters. The Morgan fingerprint density at radius 1 is 1.45 bits per heavy atom. The van der Waals surface area contributed by atoms with Gasteiger partial charge in [0, 0.05) is 11.8 Å². The number of carboxylic acid groups (broad SMARTS) is 1. The fourth-order valence-corrected chi connectivity index (χ4v) is 2.31. The summed E-state index contributed by atoms with van der Waals surface area (Å²) in [4.78, 5) is 22.6. The molecule has 0 bridgehead atoms. The second-order valence-electron chi connectivity index (χ2n) is 4.29. The highest BCUT2D eigenvalue weighted by Crippen LogP contribution is 2.22. The van der Waals surface area contributed by atoms with Crippen LogP contribution in [0, 0.1) is 0 Å². The Kier molecular flexibility index (Phi) is 6.84. The van der Waals surface area contributed by atoms with Crippen LogP contribution in [0.2, 0.25) is 5.02 Å². The predicted octanol–water partition coefficient (Wildman–Crippen LogP) is 2.32. The summed E-state index contributed by atoms with van der Waals surface area (Å²) in [6.07, 6.45) is 2.00. The van der Waals surface area contributed by atoms with Gasteiger partial charge in [-0.2, -0.15) is 11.8 Å². The van der Waals surface area contributed by atoms with Gasteiger partial charge < -0.3 is 15.7 Å². The van der Waals surface area contributed by atoms with Crippen LogP contribution < -0.4 is 10.6 Å². The van der Waals surface area contributed by atoms with E-state index < -0.39 is 5.97 Å². The van der Waals surface area contributed by atoms with E-state index in [1.807, 2.05) is 13.2 Å². The molecule has 0 aliphatic rings. The van der Waals surface area contributed by atoms with Crippen molar-refractivity contribution in [3.05, 3.63) is 28.8 Å². The van der Waals surface area contributed by atoms with Gasteiger partial charge in [0.1, 0.15) is 0 Å². The molecule has 1 unspecified atom stereocenters. The van der Waals surface area contributed by atoms with Crippen molar-refractivity contribution in [2.45, 2.75) is 13.0 Å². The summed E-state index contributed by atoms with van der Waals surface area (Å²) < 4.78 is 0. The fraction of sp³-hybridized carbons (Fsp3) is 0.385. The summed E-state index contributed by atoms with van der Waals surface area (Å²) in [6, 6.07) is 4.40. The number of amides is 1. The van der Waals surface area contributed by atoms with Gasteiger partial charge in [0.15, 0.2) is 0 Å². The van der Waals surface area contributed by atoms with Crippen LogP contribution in [-0.4, -0.2) is 41.6 Å². The molecule has 0 aliphatic heterocycles. The molecule has 1 aromatic rings. The van der Waals surface area contributed by atoms with E-state index in [1.165, 1.54) is 18.2 Å². The molecule has 1 aromatic carbocycles. The average Bonchev–Trinajstić information content (AvgIpc) is 2.39. The number of aromatic carboxylic acids is 1. The van der Waals surface area contributed by atoms with Gasteiger partial charge in [0.2, 0.25) is 5.91 Å². The Hall–Kier alpha value is -1.24. The third kappa shape index (κ3) is 5.40. The maximum Gasteiger partial charge on any atom is 0.335 e. The Balaban J connectivity index is 2.61. The summed E-state index contributed by atoms with van der Waals surface area (Å²) in [5, 5.41) is 14.9. The monoisotopic (exact) mass is 316 g/mol. The van der Waals surface area contributed by atoms with Crippen LogP contribution >= 0.6 is 23.4 Å². The average molecular weight is 317 g/mol. The minimum Gasteiger partial charge on any atom is -0.478 e. The molecule has 0 aromatic heterocycles. The molecular weight excluding hydrogens is 300 g/mol. The van der Waals surface area contributed by atoms with Gasteiger partial charge in [-0.15, -0.1) is 0 Å². The van der Waals surface area contributed by atoms with E-state index in [9.17, 15) is 9.59 Å². The first-order chi connectivity index (χ1) is 9.43. The minimum absolute atomic E-state index is 0.0772. The summed E-state index contributed by atoms with van der Waals surface area (Å²) >= 11 is 7.62. The Morgan fingerprint density at radius 3 is 2.75 bits per heavy atom. The molecule has 0 aliphatic carbocycles. The number of hydrogen-bond acceptors (Lipinski definition) is 4. The van der Waals surface area contributed by atoms with E-state index in [2.05, 4.69) is 10.6 Å². The lowest BCUT2D eigenvalue weighted by molar-refractivity contribution is -0.115. The van der Waals surface area contributed by atoms with Crippen molar-refractivity contribution < 1.29 is 14.7 Å². The maximum absolute atomic E-state index is 11.8. The lowest BCUT2D eigenvalue weighted by atomic mass is 10.2. The van der Waals surface area contributed by atoms with E-state index in [-0.39, 0.29) is 24.1 Å². The molecule has 3 N–H and O–H groups in total. The van der Waals surface area contributed by atoms with E-state index in [4.69, 9.17) is 16.7 Å². The van der Waals surface area contributed by atoms with Gasteiger partial charge >= 0.3 is 5.97 Å². The second-order valence-corrected chi connectivity index (χ2v) is 5.60. The van der Waals surface area contributed by atoms with Gasteiger partial charge in [-0.25, -0.2) is 4.79 Å². The fourth-order valence-electron chi connectivity index (χ4n) is 1.52. The summed E-state index contributed by atoms with van der Waals surface area (Å²) in [7, 11) is 0. The van der Waals surface area contributed by atoms with Crippen molar-refractivity contribution in [1.82, 2.24) is 5.32 Å². The Morgan fingerprint density at radius 2 is 2.15 bits per heavy atom. The number of halogens is 1. The standard InChI is InChI=1S/C13H17ClN2O3S/c1-8(7-20-2)15-6-12(17)16-11-5-9(13(18)19)3-4-10(11)14/h3-5,8,15H,6-7H2,1-2H3,(H,16,17)(H,18,19). The van der Waals surface area contributed by atoms with Crippen molar-refractivity contribution in [2.24, 2.45) is 0 Å². The van der Waals surface area contributed by atoms with Gasteiger partial charge in [-0.1, -0.05) is 11.6 Å². The van der Waals surface area contributed by atoms with E-state index in [0.717, 1.165) is 5.75 Å².